The summed E-state index contributed by atoms with van der Waals surface area (Å²) in [5, 5.41) is 0. The summed E-state index contributed by atoms with van der Waals surface area (Å²) < 4.78 is 43.3. The third kappa shape index (κ3) is 2.94. The molecule has 19 heavy (non-hydrogen) atoms. The van der Waals surface area contributed by atoms with Crippen LogP contribution in [0.2, 0.25) is 0 Å². The van der Waals surface area contributed by atoms with Gasteiger partial charge in [-0.15, -0.1) is 0 Å². The number of rotatable bonds is 2. The molecule has 1 aromatic carbocycles. The van der Waals surface area contributed by atoms with Gasteiger partial charge in [0.05, 0.1) is 22.7 Å². The van der Waals surface area contributed by atoms with Gasteiger partial charge in [0.1, 0.15) is 5.69 Å². The Bertz CT molecular complexity index is 609. The molecule has 2 aromatic rings. The smallest absolute Gasteiger partial charge is 0.416 e. The minimum Gasteiger partial charge on any atom is -0.474 e. The van der Waals surface area contributed by atoms with Crippen molar-refractivity contribution in [3.63, 3.8) is 0 Å². The first-order valence-electron chi connectivity index (χ1n) is 5.79. The highest BCUT2D eigenvalue weighted by molar-refractivity contribution is 5.76. The number of hydrogen-bond donors (Lipinski definition) is 0. The second-order valence-corrected chi connectivity index (χ2v) is 4.48. The van der Waals surface area contributed by atoms with Crippen molar-refractivity contribution in [1.29, 1.82) is 0 Å². The number of fused-ring (bicyclic) bond motifs is 1. The zero-order valence-electron chi connectivity index (χ0n) is 10.7. The van der Waals surface area contributed by atoms with E-state index < -0.39 is 11.7 Å². The quantitative estimate of drug-likeness (QED) is 0.833. The molecule has 0 N–H and O–H groups in total. The Kier molecular flexibility index (Phi) is 3.34. The predicted octanol–water partition coefficient (Wildman–Crippen LogP) is 3.74. The molecule has 0 atom stereocenters. The van der Waals surface area contributed by atoms with Gasteiger partial charge in [-0.2, -0.15) is 13.2 Å². The highest BCUT2D eigenvalue weighted by Gasteiger charge is 2.30. The molecule has 102 valence electrons. The maximum absolute atomic E-state index is 12.6. The monoisotopic (exact) mass is 270 g/mol. The lowest BCUT2D eigenvalue weighted by Crippen LogP contribution is -2.10. The molecule has 0 aliphatic rings. The van der Waals surface area contributed by atoms with Gasteiger partial charge in [-0.05, 0) is 39.0 Å². The molecule has 3 nitrogen and oxygen atoms in total. The van der Waals surface area contributed by atoms with Gasteiger partial charge in [-0.25, -0.2) is 9.97 Å². The molecule has 0 spiro atoms. The number of nitrogens with zero attached hydrogens (tertiary/aromatic N) is 2. The van der Waals surface area contributed by atoms with Gasteiger partial charge in [0.2, 0.25) is 5.88 Å². The van der Waals surface area contributed by atoms with E-state index in [1.165, 1.54) is 6.07 Å². The van der Waals surface area contributed by atoms with E-state index in [0.29, 0.717) is 11.2 Å². The summed E-state index contributed by atoms with van der Waals surface area (Å²) in [7, 11) is 0. The Hall–Kier alpha value is -1.85. The summed E-state index contributed by atoms with van der Waals surface area (Å²) in [4.78, 5) is 8.30. The summed E-state index contributed by atoms with van der Waals surface area (Å²) in [6, 6.07) is 3.30. The van der Waals surface area contributed by atoms with Crippen molar-refractivity contribution >= 4 is 11.0 Å². The number of alkyl halides is 3. The van der Waals surface area contributed by atoms with Gasteiger partial charge < -0.3 is 4.74 Å². The number of aryl methyl sites for hydroxylation is 1. The van der Waals surface area contributed by atoms with E-state index in [9.17, 15) is 13.2 Å². The Balaban J connectivity index is 2.55. The maximum atomic E-state index is 12.6. The van der Waals surface area contributed by atoms with Gasteiger partial charge in [0.15, 0.2) is 0 Å². The average Bonchev–Trinajstić information content (AvgIpc) is 2.27. The SMILES string of the molecule is Cc1nc2ccc(C(F)(F)F)cc2nc1OC(C)C. The predicted molar refractivity (Wildman–Crippen MR) is 65.0 cm³/mol. The lowest BCUT2D eigenvalue weighted by molar-refractivity contribution is -0.137. The van der Waals surface area contributed by atoms with Crippen LogP contribution in [-0.4, -0.2) is 16.1 Å². The van der Waals surface area contributed by atoms with Gasteiger partial charge in [0, 0.05) is 0 Å². The zero-order chi connectivity index (χ0) is 14.2. The maximum Gasteiger partial charge on any atom is 0.416 e. The van der Waals surface area contributed by atoms with Crippen molar-refractivity contribution < 1.29 is 17.9 Å². The van der Waals surface area contributed by atoms with Crippen LogP contribution < -0.4 is 4.74 Å². The van der Waals surface area contributed by atoms with Gasteiger partial charge in [-0.3, -0.25) is 0 Å². The van der Waals surface area contributed by atoms with Crippen LogP contribution in [0.4, 0.5) is 13.2 Å². The van der Waals surface area contributed by atoms with E-state index in [0.717, 1.165) is 12.1 Å². The van der Waals surface area contributed by atoms with E-state index in [4.69, 9.17) is 4.74 Å². The Morgan fingerprint density at radius 2 is 1.79 bits per heavy atom. The average molecular weight is 270 g/mol. The topological polar surface area (TPSA) is 35.0 Å². The van der Waals surface area contributed by atoms with Gasteiger partial charge in [-0.1, -0.05) is 0 Å². The molecule has 0 unspecified atom stereocenters. The van der Waals surface area contributed by atoms with Crippen LogP contribution in [0.25, 0.3) is 11.0 Å². The molecule has 0 aliphatic heterocycles. The Morgan fingerprint density at radius 3 is 2.37 bits per heavy atom. The summed E-state index contributed by atoms with van der Waals surface area (Å²) in [5.41, 5.74) is 0.410. The van der Waals surface area contributed by atoms with Crippen molar-refractivity contribution in [3.05, 3.63) is 29.5 Å². The minimum atomic E-state index is -4.39. The molecular formula is C13H13F3N2O. The van der Waals surface area contributed by atoms with E-state index >= 15 is 0 Å². The third-order valence-corrected chi connectivity index (χ3v) is 2.47. The fraction of sp³-hybridized carbons (Fsp3) is 0.385. The number of ether oxygens (including phenoxy) is 1. The summed E-state index contributed by atoms with van der Waals surface area (Å²) >= 11 is 0. The Morgan fingerprint density at radius 1 is 1.11 bits per heavy atom. The molecule has 1 aromatic heterocycles. The second kappa shape index (κ2) is 4.68. The van der Waals surface area contributed by atoms with Crippen LogP contribution in [0.3, 0.4) is 0 Å². The lowest BCUT2D eigenvalue weighted by atomic mass is 10.2. The zero-order valence-corrected chi connectivity index (χ0v) is 10.7. The van der Waals surface area contributed by atoms with Crippen molar-refractivity contribution in [3.8, 4) is 5.88 Å². The van der Waals surface area contributed by atoms with E-state index in [-0.39, 0.29) is 17.5 Å². The van der Waals surface area contributed by atoms with Crippen LogP contribution >= 0.6 is 0 Å². The molecular weight excluding hydrogens is 257 g/mol. The molecule has 0 radical (unpaired) electrons. The summed E-state index contributed by atoms with van der Waals surface area (Å²) in [5.74, 6) is 0.266. The largest absolute Gasteiger partial charge is 0.474 e. The summed E-state index contributed by atoms with van der Waals surface area (Å²) in [6.45, 7) is 5.34. The highest BCUT2D eigenvalue weighted by Crippen LogP contribution is 2.31. The molecule has 0 saturated heterocycles. The fourth-order valence-corrected chi connectivity index (χ4v) is 1.64. The van der Waals surface area contributed by atoms with Crippen LogP contribution in [0.1, 0.15) is 25.1 Å². The number of aromatic nitrogens is 2. The van der Waals surface area contributed by atoms with E-state index in [1.54, 1.807) is 6.92 Å². The molecule has 0 aliphatic carbocycles. The molecule has 0 amide bonds. The van der Waals surface area contributed by atoms with Crippen molar-refractivity contribution in [1.82, 2.24) is 9.97 Å². The van der Waals surface area contributed by atoms with Crippen molar-refractivity contribution in [2.45, 2.75) is 33.1 Å². The molecule has 0 fully saturated rings. The van der Waals surface area contributed by atoms with Gasteiger partial charge in [0.25, 0.3) is 0 Å². The first-order valence-corrected chi connectivity index (χ1v) is 5.79. The minimum absolute atomic E-state index is 0.115. The highest BCUT2D eigenvalue weighted by atomic mass is 19.4. The third-order valence-electron chi connectivity index (χ3n) is 2.47. The number of halogens is 3. The van der Waals surface area contributed by atoms with Crippen LogP contribution in [0.15, 0.2) is 18.2 Å². The lowest BCUT2D eigenvalue weighted by Gasteiger charge is -2.12. The normalized spacial score (nSPS) is 12.2. The number of benzene rings is 1. The standard InChI is InChI=1S/C13H13F3N2O/c1-7(2)19-12-8(3)17-10-5-4-9(13(14,15)16)6-11(10)18-12/h4-7H,1-3H3. The summed E-state index contributed by atoms with van der Waals surface area (Å²) in [6.07, 6.45) is -4.50. The first kappa shape index (κ1) is 13.6. The van der Waals surface area contributed by atoms with E-state index in [1.807, 2.05) is 13.8 Å². The second-order valence-electron chi connectivity index (χ2n) is 4.48. The number of hydrogen-bond acceptors (Lipinski definition) is 3. The van der Waals surface area contributed by atoms with E-state index in [2.05, 4.69) is 9.97 Å². The molecule has 1 heterocycles. The van der Waals surface area contributed by atoms with Crippen LogP contribution in [0, 0.1) is 6.92 Å². The fourth-order valence-electron chi connectivity index (χ4n) is 1.64. The molecule has 2 rings (SSSR count). The van der Waals surface area contributed by atoms with Crippen LogP contribution in [0.5, 0.6) is 5.88 Å². The first-order chi connectivity index (χ1) is 8.77. The van der Waals surface area contributed by atoms with Gasteiger partial charge >= 0.3 is 6.18 Å². The Labute approximate surface area is 108 Å². The molecule has 0 saturated carbocycles. The molecule has 0 bridgehead atoms. The van der Waals surface area contributed by atoms with Crippen molar-refractivity contribution in [2.24, 2.45) is 0 Å². The molecule has 6 heteroatoms. The van der Waals surface area contributed by atoms with Crippen molar-refractivity contribution in [2.75, 3.05) is 0 Å². The van der Waals surface area contributed by atoms with Crippen LogP contribution in [-0.2, 0) is 6.18 Å².